The van der Waals surface area contributed by atoms with Crippen LogP contribution in [0.5, 0.6) is 11.5 Å². The van der Waals surface area contributed by atoms with Crippen molar-refractivity contribution < 1.29 is 24.2 Å². The Kier molecular flexibility index (Phi) is 5.17. The predicted molar refractivity (Wildman–Crippen MR) is 64.6 cm³/mol. The summed E-state index contributed by atoms with van der Waals surface area (Å²) in [6.45, 7) is 3.79. The molecule has 0 aliphatic carbocycles. The third-order valence-electron chi connectivity index (χ3n) is 2.15. The van der Waals surface area contributed by atoms with Crippen molar-refractivity contribution in [2.75, 3.05) is 6.61 Å². The van der Waals surface area contributed by atoms with Crippen LogP contribution in [-0.4, -0.2) is 23.7 Å². The molecule has 0 aliphatic heterocycles. The summed E-state index contributed by atoms with van der Waals surface area (Å²) in [7, 11) is 0. The molecule has 5 heteroatoms. The maximum absolute atomic E-state index is 11.5. The number of rotatable bonds is 5. The summed E-state index contributed by atoms with van der Waals surface area (Å²) < 4.78 is 9.77. The van der Waals surface area contributed by atoms with Gasteiger partial charge in [-0.25, -0.2) is 4.79 Å². The van der Waals surface area contributed by atoms with E-state index in [1.165, 1.54) is 18.2 Å². The highest BCUT2D eigenvalue weighted by Gasteiger charge is 2.13. The van der Waals surface area contributed by atoms with Gasteiger partial charge in [0, 0.05) is 6.42 Å². The molecule has 0 atom stereocenters. The minimum Gasteiger partial charge on any atom is -0.504 e. The molecule has 1 aromatic rings. The molecule has 0 spiro atoms. The molecule has 0 saturated carbocycles. The molecule has 1 N–H and O–H groups in total. The minimum atomic E-state index is -0.523. The van der Waals surface area contributed by atoms with E-state index in [2.05, 4.69) is 0 Å². The normalized spacial score (nSPS) is 9.89. The predicted octanol–water partition coefficient (Wildman–Crippen LogP) is 2.27. The van der Waals surface area contributed by atoms with E-state index in [0.29, 0.717) is 6.42 Å². The number of phenols is 1. The van der Waals surface area contributed by atoms with Crippen LogP contribution in [0.4, 0.5) is 0 Å². The zero-order valence-electron chi connectivity index (χ0n) is 10.4. The number of carbonyl (C=O) groups is 2. The summed E-state index contributed by atoms with van der Waals surface area (Å²) >= 11 is 0. The van der Waals surface area contributed by atoms with Crippen LogP contribution >= 0.6 is 0 Å². The molecule has 18 heavy (non-hydrogen) atoms. The number of hydrogen-bond donors (Lipinski definition) is 1. The van der Waals surface area contributed by atoms with E-state index in [0.717, 1.165) is 0 Å². The molecule has 0 saturated heterocycles. The van der Waals surface area contributed by atoms with Crippen LogP contribution in [0.15, 0.2) is 18.2 Å². The Balaban J connectivity index is 2.87. The van der Waals surface area contributed by atoms with E-state index in [4.69, 9.17) is 9.47 Å². The summed E-state index contributed by atoms with van der Waals surface area (Å²) in [6.07, 6.45) is 0.903. The Morgan fingerprint density at radius 1 is 1.28 bits per heavy atom. The minimum absolute atomic E-state index is 0.0287. The Morgan fingerprint density at radius 3 is 2.61 bits per heavy atom. The van der Waals surface area contributed by atoms with Crippen molar-refractivity contribution in [1.29, 1.82) is 0 Å². The van der Waals surface area contributed by atoms with Crippen LogP contribution in [0.3, 0.4) is 0 Å². The molecular formula is C13H16O5. The lowest BCUT2D eigenvalue weighted by Crippen LogP contribution is -2.09. The first-order valence-electron chi connectivity index (χ1n) is 5.79. The Morgan fingerprint density at radius 2 is 2.00 bits per heavy atom. The maximum Gasteiger partial charge on any atom is 0.338 e. The number of ether oxygens (including phenoxy) is 2. The fourth-order valence-electron chi connectivity index (χ4n) is 1.32. The van der Waals surface area contributed by atoms with Gasteiger partial charge in [0.1, 0.15) is 0 Å². The number of carbonyl (C=O) groups excluding carboxylic acids is 2. The van der Waals surface area contributed by atoms with E-state index in [1.807, 2.05) is 6.92 Å². The van der Waals surface area contributed by atoms with Crippen LogP contribution in [0.2, 0.25) is 0 Å². The van der Waals surface area contributed by atoms with Crippen LogP contribution in [0.1, 0.15) is 37.0 Å². The molecule has 0 heterocycles. The molecule has 0 aromatic heterocycles. The molecule has 5 nitrogen and oxygen atoms in total. The van der Waals surface area contributed by atoms with Crippen LogP contribution in [0.25, 0.3) is 0 Å². The number of hydrogen-bond acceptors (Lipinski definition) is 5. The van der Waals surface area contributed by atoms with E-state index in [-0.39, 0.29) is 30.1 Å². The van der Waals surface area contributed by atoms with E-state index in [9.17, 15) is 14.7 Å². The number of aromatic hydroxyl groups is 1. The topological polar surface area (TPSA) is 72.8 Å². The smallest absolute Gasteiger partial charge is 0.338 e. The fraction of sp³-hybridized carbons (Fsp3) is 0.385. The largest absolute Gasteiger partial charge is 0.504 e. The lowest BCUT2D eigenvalue weighted by atomic mass is 10.2. The van der Waals surface area contributed by atoms with Gasteiger partial charge in [-0.1, -0.05) is 6.92 Å². The Labute approximate surface area is 105 Å². The second-order valence-electron chi connectivity index (χ2n) is 3.63. The van der Waals surface area contributed by atoms with Gasteiger partial charge in [-0.3, -0.25) is 4.79 Å². The lowest BCUT2D eigenvalue weighted by molar-refractivity contribution is -0.134. The van der Waals surface area contributed by atoms with Gasteiger partial charge in [-0.05, 0) is 31.5 Å². The Bertz CT molecular complexity index is 439. The van der Waals surface area contributed by atoms with Gasteiger partial charge in [0.15, 0.2) is 11.5 Å². The van der Waals surface area contributed by atoms with Gasteiger partial charge in [0.05, 0.1) is 12.2 Å². The first kappa shape index (κ1) is 14.0. The lowest BCUT2D eigenvalue weighted by Gasteiger charge is -2.07. The fourth-order valence-corrected chi connectivity index (χ4v) is 1.32. The van der Waals surface area contributed by atoms with Gasteiger partial charge in [0.2, 0.25) is 0 Å². The zero-order valence-corrected chi connectivity index (χ0v) is 10.4. The van der Waals surface area contributed by atoms with Gasteiger partial charge in [-0.2, -0.15) is 0 Å². The number of esters is 2. The highest BCUT2D eigenvalue weighted by atomic mass is 16.5. The molecule has 98 valence electrons. The van der Waals surface area contributed by atoms with E-state index >= 15 is 0 Å². The van der Waals surface area contributed by atoms with Crippen molar-refractivity contribution in [2.24, 2.45) is 0 Å². The summed E-state index contributed by atoms with van der Waals surface area (Å²) in [5.74, 6) is -1.19. The van der Waals surface area contributed by atoms with E-state index in [1.54, 1.807) is 6.92 Å². The summed E-state index contributed by atoms with van der Waals surface area (Å²) in [6, 6.07) is 3.99. The number of phenolic OH excluding ortho intramolecular Hbond substituents is 1. The maximum atomic E-state index is 11.5. The summed E-state index contributed by atoms with van der Waals surface area (Å²) in [5, 5.41) is 9.53. The highest BCUT2D eigenvalue weighted by molar-refractivity contribution is 5.90. The van der Waals surface area contributed by atoms with Crippen LogP contribution in [0, 0.1) is 0 Å². The van der Waals surface area contributed by atoms with Crippen molar-refractivity contribution in [3.63, 3.8) is 0 Å². The molecular weight excluding hydrogens is 236 g/mol. The van der Waals surface area contributed by atoms with Gasteiger partial charge < -0.3 is 14.6 Å². The van der Waals surface area contributed by atoms with Crippen molar-refractivity contribution in [3.05, 3.63) is 23.8 Å². The molecule has 0 amide bonds. The average molecular weight is 252 g/mol. The summed E-state index contributed by atoms with van der Waals surface area (Å²) in [4.78, 5) is 22.8. The molecule has 0 unspecified atom stereocenters. The van der Waals surface area contributed by atoms with Crippen molar-refractivity contribution in [2.45, 2.75) is 26.7 Å². The zero-order chi connectivity index (χ0) is 13.5. The van der Waals surface area contributed by atoms with E-state index < -0.39 is 11.9 Å². The van der Waals surface area contributed by atoms with Gasteiger partial charge >= 0.3 is 11.9 Å². The molecule has 0 radical (unpaired) electrons. The number of benzene rings is 1. The second kappa shape index (κ2) is 6.64. The van der Waals surface area contributed by atoms with Gasteiger partial charge in [0.25, 0.3) is 0 Å². The Hall–Kier alpha value is -2.04. The SMILES string of the molecule is CCCC(=O)Oc1cc(C(=O)OCC)ccc1O. The molecule has 0 bridgehead atoms. The molecule has 1 rings (SSSR count). The van der Waals surface area contributed by atoms with Crippen molar-refractivity contribution >= 4 is 11.9 Å². The molecule has 1 aromatic carbocycles. The summed E-state index contributed by atoms with van der Waals surface area (Å²) in [5.41, 5.74) is 0.231. The highest BCUT2D eigenvalue weighted by Crippen LogP contribution is 2.27. The quantitative estimate of drug-likeness (QED) is 0.642. The average Bonchev–Trinajstić information content (AvgIpc) is 2.32. The van der Waals surface area contributed by atoms with Crippen LogP contribution in [-0.2, 0) is 9.53 Å². The monoisotopic (exact) mass is 252 g/mol. The first-order chi connectivity index (χ1) is 8.58. The third-order valence-corrected chi connectivity index (χ3v) is 2.15. The molecule has 0 fully saturated rings. The molecule has 0 aliphatic rings. The first-order valence-corrected chi connectivity index (χ1v) is 5.79. The van der Waals surface area contributed by atoms with Crippen LogP contribution < -0.4 is 4.74 Å². The third kappa shape index (κ3) is 3.76. The van der Waals surface area contributed by atoms with Gasteiger partial charge in [-0.15, -0.1) is 0 Å². The van der Waals surface area contributed by atoms with Crippen molar-refractivity contribution in [3.8, 4) is 11.5 Å². The van der Waals surface area contributed by atoms with Crippen molar-refractivity contribution in [1.82, 2.24) is 0 Å². The standard InChI is InChI=1S/C13H16O5/c1-3-5-12(15)18-11-8-9(6-7-10(11)14)13(16)17-4-2/h6-8,14H,3-5H2,1-2H3. The second-order valence-corrected chi connectivity index (χ2v) is 3.63.